The lowest BCUT2D eigenvalue weighted by Crippen LogP contribution is -2.42. The van der Waals surface area contributed by atoms with E-state index in [0.717, 1.165) is 42.6 Å². The van der Waals surface area contributed by atoms with E-state index in [-0.39, 0.29) is 29.7 Å². The summed E-state index contributed by atoms with van der Waals surface area (Å²) in [4.78, 5) is 28.0. The highest BCUT2D eigenvalue weighted by atomic mass is 16.2. The van der Waals surface area contributed by atoms with Crippen LogP contribution in [0.1, 0.15) is 77.1 Å². The SMILES string of the molecule is Cc1cccc(-n2nc(C(C)(C)C)cc2NC(=O)CN(CC(C)C)C(=O)C2CCCC2)c1C. The van der Waals surface area contributed by atoms with Gasteiger partial charge >= 0.3 is 0 Å². The molecule has 3 rings (SSSR count). The first-order valence-corrected chi connectivity index (χ1v) is 12.2. The van der Waals surface area contributed by atoms with Crippen molar-refractivity contribution < 1.29 is 9.59 Å². The van der Waals surface area contributed by atoms with Crippen molar-refractivity contribution in [3.05, 3.63) is 41.1 Å². The summed E-state index contributed by atoms with van der Waals surface area (Å²) in [7, 11) is 0. The van der Waals surface area contributed by atoms with Crippen LogP contribution in [0.3, 0.4) is 0 Å². The third kappa shape index (κ3) is 6.04. The highest BCUT2D eigenvalue weighted by molar-refractivity contribution is 5.94. The Kier molecular flexibility index (Phi) is 7.65. The summed E-state index contributed by atoms with van der Waals surface area (Å²) < 4.78 is 1.83. The van der Waals surface area contributed by atoms with Crippen LogP contribution < -0.4 is 5.32 Å². The number of nitrogens with zero attached hydrogens (tertiary/aromatic N) is 3. The molecule has 1 N–H and O–H groups in total. The molecule has 2 amide bonds. The fraction of sp³-hybridized carbons (Fsp3) is 0.593. The van der Waals surface area contributed by atoms with Gasteiger partial charge in [0.25, 0.3) is 0 Å². The highest BCUT2D eigenvalue weighted by Gasteiger charge is 2.29. The minimum absolute atomic E-state index is 0.0597. The molecule has 0 aliphatic heterocycles. The second kappa shape index (κ2) is 10.1. The van der Waals surface area contributed by atoms with E-state index in [1.54, 1.807) is 4.90 Å². The number of amides is 2. The van der Waals surface area contributed by atoms with Gasteiger partial charge in [-0.3, -0.25) is 9.59 Å². The van der Waals surface area contributed by atoms with Gasteiger partial charge in [0.15, 0.2) is 0 Å². The molecule has 1 fully saturated rings. The van der Waals surface area contributed by atoms with Crippen molar-refractivity contribution in [1.29, 1.82) is 0 Å². The number of anilines is 1. The summed E-state index contributed by atoms with van der Waals surface area (Å²) >= 11 is 0. The molecule has 1 aliphatic carbocycles. The van der Waals surface area contributed by atoms with E-state index < -0.39 is 0 Å². The third-order valence-corrected chi connectivity index (χ3v) is 6.49. The van der Waals surface area contributed by atoms with Crippen LogP contribution in [0.15, 0.2) is 24.3 Å². The number of hydrogen-bond donors (Lipinski definition) is 1. The molecule has 0 saturated heterocycles. The van der Waals surface area contributed by atoms with Crippen molar-refractivity contribution in [2.24, 2.45) is 11.8 Å². The zero-order valence-corrected chi connectivity index (χ0v) is 21.4. The average molecular weight is 453 g/mol. The number of rotatable bonds is 7. The number of aryl methyl sites for hydroxylation is 1. The van der Waals surface area contributed by atoms with Gasteiger partial charge in [0.1, 0.15) is 5.82 Å². The number of carbonyl (C=O) groups excluding carboxylic acids is 2. The number of nitrogens with one attached hydrogen (secondary N) is 1. The minimum atomic E-state index is -0.186. The van der Waals surface area contributed by atoms with Crippen LogP contribution in [0.4, 0.5) is 5.82 Å². The number of carbonyl (C=O) groups is 2. The monoisotopic (exact) mass is 452 g/mol. The van der Waals surface area contributed by atoms with Crippen molar-refractivity contribution in [3.63, 3.8) is 0 Å². The summed E-state index contributed by atoms with van der Waals surface area (Å²) in [5.74, 6) is 0.931. The van der Waals surface area contributed by atoms with Gasteiger partial charge < -0.3 is 10.2 Å². The van der Waals surface area contributed by atoms with Crippen molar-refractivity contribution in [2.45, 2.75) is 79.6 Å². The van der Waals surface area contributed by atoms with Crippen molar-refractivity contribution in [1.82, 2.24) is 14.7 Å². The van der Waals surface area contributed by atoms with Gasteiger partial charge in [0.05, 0.1) is 17.9 Å². The van der Waals surface area contributed by atoms with Gasteiger partial charge in [0.2, 0.25) is 11.8 Å². The van der Waals surface area contributed by atoms with Gasteiger partial charge in [-0.1, -0.05) is 59.6 Å². The van der Waals surface area contributed by atoms with Gasteiger partial charge in [-0.2, -0.15) is 5.10 Å². The molecule has 1 aliphatic rings. The molecule has 0 spiro atoms. The predicted octanol–water partition coefficient (Wildman–Crippen LogP) is 5.40. The molecule has 180 valence electrons. The third-order valence-electron chi connectivity index (χ3n) is 6.49. The van der Waals surface area contributed by atoms with Crippen molar-refractivity contribution in [3.8, 4) is 5.69 Å². The maximum absolute atomic E-state index is 13.2. The van der Waals surface area contributed by atoms with Crippen LogP contribution >= 0.6 is 0 Å². The summed E-state index contributed by atoms with van der Waals surface area (Å²) in [6.45, 7) is 15.3. The topological polar surface area (TPSA) is 67.2 Å². The number of hydrogen-bond acceptors (Lipinski definition) is 3. The van der Waals surface area contributed by atoms with E-state index in [1.807, 2.05) is 22.9 Å². The Hall–Kier alpha value is -2.63. The van der Waals surface area contributed by atoms with Crippen molar-refractivity contribution in [2.75, 3.05) is 18.4 Å². The molecule has 1 aromatic carbocycles. The lowest BCUT2D eigenvalue weighted by atomic mass is 9.92. The van der Waals surface area contributed by atoms with E-state index in [2.05, 4.69) is 59.8 Å². The lowest BCUT2D eigenvalue weighted by Gasteiger charge is -2.27. The highest BCUT2D eigenvalue weighted by Crippen LogP contribution is 2.29. The maximum atomic E-state index is 13.2. The second-order valence-corrected chi connectivity index (χ2v) is 10.9. The van der Waals surface area contributed by atoms with E-state index in [9.17, 15) is 9.59 Å². The molecule has 1 saturated carbocycles. The molecule has 0 unspecified atom stereocenters. The van der Waals surface area contributed by atoms with Crippen LogP contribution in [0, 0.1) is 25.7 Å². The summed E-state index contributed by atoms with van der Waals surface area (Å²) in [5, 5.41) is 7.92. The Labute approximate surface area is 198 Å². The zero-order valence-electron chi connectivity index (χ0n) is 21.4. The Balaban J connectivity index is 1.87. The molecular weight excluding hydrogens is 412 g/mol. The van der Waals surface area contributed by atoms with E-state index in [4.69, 9.17) is 5.10 Å². The van der Waals surface area contributed by atoms with Gasteiger partial charge in [-0.05, 0) is 49.8 Å². The molecule has 0 atom stereocenters. The minimum Gasteiger partial charge on any atom is -0.333 e. The molecule has 6 nitrogen and oxygen atoms in total. The summed E-state index contributed by atoms with van der Waals surface area (Å²) in [6.07, 6.45) is 4.07. The maximum Gasteiger partial charge on any atom is 0.245 e. The zero-order chi connectivity index (χ0) is 24.3. The van der Waals surface area contributed by atoms with Crippen LogP contribution in [0.2, 0.25) is 0 Å². The summed E-state index contributed by atoms with van der Waals surface area (Å²) in [5.41, 5.74) is 3.98. The standard InChI is InChI=1S/C27H40N4O2/c1-18(2)16-30(26(33)21-12-8-9-13-21)17-25(32)28-24-15-23(27(5,6)7)29-31(24)22-14-10-11-19(3)20(22)4/h10-11,14-15,18,21H,8-9,12-13,16-17H2,1-7H3,(H,28,32). The smallest absolute Gasteiger partial charge is 0.245 e. The fourth-order valence-corrected chi connectivity index (χ4v) is 4.45. The Morgan fingerprint density at radius 2 is 1.85 bits per heavy atom. The van der Waals surface area contributed by atoms with Crippen molar-refractivity contribution >= 4 is 17.6 Å². The molecule has 1 heterocycles. The van der Waals surface area contributed by atoms with E-state index in [0.29, 0.717) is 18.3 Å². The van der Waals surface area contributed by atoms with Gasteiger partial charge in [0, 0.05) is 23.9 Å². The largest absolute Gasteiger partial charge is 0.333 e. The van der Waals surface area contributed by atoms with E-state index in [1.165, 1.54) is 5.56 Å². The molecule has 0 radical (unpaired) electrons. The molecular formula is C27H40N4O2. The quantitative estimate of drug-likeness (QED) is 0.612. The molecule has 2 aromatic rings. The number of aromatic nitrogens is 2. The van der Waals surface area contributed by atoms with Crippen LogP contribution in [-0.2, 0) is 15.0 Å². The average Bonchev–Trinajstić information content (AvgIpc) is 3.39. The Morgan fingerprint density at radius 1 is 1.18 bits per heavy atom. The molecule has 1 aromatic heterocycles. The molecule has 33 heavy (non-hydrogen) atoms. The molecule has 6 heteroatoms. The van der Waals surface area contributed by atoms with Gasteiger partial charge in [-0.15, -0.1) is 0 Å². The van der Waals surface area contributed by atoms with E-state index >= 15 is 0 Å². The van der Waals surface area contributed by atoms with Crippen LogP contribution in [-0.4, -0.2) is 39.6 Å². The second-order valence-electron chi connectivity index (χ2n) is 10.9. The van der Waals surface area contributed by atoms with Crippen LogP contribution in [0.5, 0.6) is 0 Å². The number of benzene rings is 1. The Bertz CT molecular complexity index is 994. The molecule has 0 bridgehead atoms. The normalized spacial score (nSPS) is 14.7. The van der Waals surface area contributed by atoms with Crippen LogP contribution in [0.25, 0.3) is 5.69 Å². The predicted molar refractivity (Wildman–Crippen MR) is 134 cm³/mol. The summed E-state index contributed by atoms with van der Waals surface area (Å²) in [6, 6.07) is 8.05. The first-order chi connectivity index (χ1) is 15.5. The Morgan fingerprint density at radius 3 is 2.45 bits per heavy atom. The first-order valence-electron chi connectivity index (χ1n) is 12.2. The fourth-order valence-electron chi connectivity index (χ4n) is 4.45. The van der Waals surface area contributed by atoms with Gasteiger partial charge in [-0.25, -0.2) is 4.68 Å². The first kappa shape index (κ1) is 25.0. The lowest BCUT2D eigenvalue weighted by molar-refractivity contribution is -0.138.